The van der Waals surface area contributed by atoms with Crippen LogP contribution in [0.1, 0.15) is 0 Å². The topological polar surface area (TPSA) is 16.4 Å². The van der Waals surface area contributed by atoms with Crippen molar-refractivity contribution >= 4 is 49.8 Å². The highest BCUT2D eigenvalue weighted by molar-refractivity contribution is 6.27. The quantitative estimate of drug-likeness (QED) is 0.185. The Morgan fingerprint density at radius 1 is 0.333 bits per heavy atom. The van der Waals surface area contributed by atoms with Crippen LogP contribution in [0.2, 0.25) is 0 Å². The van der Waals surface area contributed by atoms with Crippen molar-refractivity contribution in [3.05, 3.63) is 188 Å². The SMILES string of the molecule is c1ccc(-c2ccc(N(c3ccc(-c4ccccc4)cc3)c3c(-c4ccccc4)c4c5ccccc5oc4c4ccccc34)cc2)cc1. The summed E-state index contributed by atoms with van der Waals surface area (Å²) in [5.74, 6) is 0. The van der Waals surface area contributed by atoms with Crippen LogP contribution in [0.3, 0.4) is 0 Å². The van der Waals surface area contributed by atoms with Gasteiger partial charge in [-0.2, -0.15) is 0 Å². The molecular formula is C46H31NO. The molecule has 9 rings (SSSR count). The van der Waals surface area contributed by atoms with Crippen LogP contribution in [0.4, 0.5) is 17.1 Å². The summed E-state index contributed by atoms with van der Waals surface area (Å²) in [7, 11) is 0. The van der Waals surface area contributed by atoms with Crippen molar-refractivity contribution < 1.29 is 4.42 Å². The molecule has 0 radical (unpaired) electrons. The van der Waals surface area contributed by atoms with E-state index in [-0.39, 0.29) is 0 Å². The Hall–Kier alpha value is -6.38. The van der Waals surface area contributed by atoms with Gasteiger partial charge in [-0.05, 0) is 58.1 Å². The maximum absolute atomic E-state index is 6.68. The minimum atomic E-state index is 0.887. The molecule has 0 spiro atoms. The smallest absolute Gasteiger partial charge is 0.144 e. The number of rotatable bonds is 6. The van der Waals surface area contributed by atoms with E-state index in [0.29, 0.717) is 0 Å². The summed E-state index contributed by atoms with van der Waals surface area (Å²) < 4.78 is 6.68. The summed E-state index contributed by atoms with van der Waals surface area (Å²) >= 11 is 0. The standard InChI is InChI=1S/C46H31NO/c1-4-14-32(15-5-1)34-24-28-37(29-25-34)47(38-30-26-35(27-31-38)33-16-6-2-7-17-33)45-39-20-10-11-21-40(39)46-44(41-22-12-13-23-42(41)48-46)43(45)36-18-8-3-9-19-36/h1-31H. The van der Waals surface area contributed by atoms with Gasteiger partial charge in [0.2, 0.25) is 0 Å². The molecule has 9 aromatic rings. The first-order valence-corrected chi connectivity index (χ1v) is 16.4. The van der Waals surface area contributed by atoms with Gasteiger partial charge in [0.25, 0.3) is 0 Å². The number of hydrogen-bond acceptors (Lipinski definition) is 2. The third-order valence-electron chi connectivity index (χ3n) is 9.26. The average molecular weight is 614 g/mol. The Morgan fingerprint density at radius 3 is 1.29 bits per heavy atom. The highest BCUT2D eigenvalue weighted by atomic mass is 16.3. The van der Waals surface area contributed by atoms with Crippen molar-refractivity contribution in [1.82, 2.24) is 0 Å². The molecule has 0 aliphatic carbocycles. The lowest BCUT2D eigenvalue weighted by atomic mass is 9.91. The van der Waals surface area contributed by atoms with Crippen LogP contribution < -0.4 is 4.90 Å². The van der Waals surface area contributed by atoms with Crippen molar-refractivity contribution in [3.8, 4) is 33.4 Å². The van der Waals surface area contributed by atoms with Gasteiger partial charge in [-0.1, -0.05) is 158 Å². The summed E-state index contributed by atoms with van der Waals surface area (Å²) in [6.07, 6.45) is 0. The molecule has 0 unspecified atom stereocenters. The summed E-state index contributed by atoms with van der Waals surface area (Å²) in [6, 6.07) is 66.8. The van der Waals surface area contributed by atoms with E-state index in [0.717, 1.165) is 60.9 Å². The molecule has 1 aromatic heterocycles. The van der Waals surface area contributed by atoms with E-state index in [9.17, 15) is 0 Å². The van der Waals surface area contributed by atoms with Gasteiger partial charge in [0.1, 0.15) is 11.2 Å². The van der Waals surface area contributed by atoms with Gasteiger partial charge in [-0.15, -0.1) is 0 Å². The molecule has 2 heteroatoms. The fourth-order valence-corrected chi connectivity index (χ4v) is 7.02. The van der Waals surface area contributed by atoms with Crippen LogP contribution >= 0.6 is 0 Å². The highest BCUT2D eigenvalue weighted by Gasteiger charge is 2.26. The highest BCUT2D eigenvalue weighted by Crippen LogP contribution is 2.51. The zero-order chi connectivity index (χ0) is 31.9. The van der Waals surface area contributed by atoms with Crippen LogP contribution in [-0.2, 0) is 0 Å². The first kappa shape index (κ1) is 27.9. The third kappa shape index (κ3) is 4.74. The Labute approximate surface area is 279 Å². The van der Waals surface area contributed by atoms with Crippen molar-refractivity contribution in [3.63, 3.8) is 0 Å². The maximum atomic E-state index is 6.68. The summed E-state index contributed by atoms with van der Waals surface area (Å²) in [5.41, 5.74) is 12.1. The molecule has 0 aliphatic rings. The molecular weight excluding hydrogens is 583 g/mol. The van der Waals surface area contributed by atoms with Gasteiger partial charge in [-0.3, -0.25) is 0 Å². The lowest BCUT2D eigenvalue weighted by Gasteiger charge is -2.30. The van der Waals surface area contributed by atoms with Gasteiger partial charge in [-0.25, -0.2) is 0 Å². The number of nitrogens with zero attached hydrogens (tertiary/aromatic N) is 1. The van der Waals surface area contributed by atoms with Gasteiger partial charge in [0.05, 0.1) is 5.69 Å². The molecule has 0 bridgehead atoms. The van der Waals surface area contributed by atoms with Crippen LogP contribution in [0.25, 0.3) is 66.1 Å². The predicted octanol–water partition coefficient (Wildman–Crippen LogP) is 13.2. The van der Waals surface area contributed by atoms with Crippen LogP contribution in [-0.4, -0.2) is 0 Å². The molecule has 0 fully saturated rings. The molecule has 0 saturated carbocycles. The van der Waals surface area contributed by atoms with E-state index in [4.69, 9.17) is 4.42 Å². The number of benzene rings is 8. The van der Waals surface area contributed by atoms with Crippen LogP contribution in [0, 0.1) is 0 Å². The second-order valence-electron chi connectivity index (χ2n) is 12.1. The van der Waals surface area contributed by atoms with Gasteiger partial charge < -0.3 is 9.32 Å². The van der Waals surface area contributed by atoms with Gasteiger partial charge in [0.15, 0.2) is 0 Å². The minimum absolute atomic E-state index is 0.887. The first-order chi connectivity index (χ1) is 23.8. The van der Waals surface area contributed by atoms with E-state index >= 15 is 0 Å². The van der Waals surface area contributed by atoms with E-state index in [1.165, 1.54) is 22.3 Å². The molecule has 226 valence electrons. The third-order valence-corrected chi connectivity index (χ3v) is 9.26. The van der Waals surface area contributed by atoms with Crippen molar-refractivity contribution in [1.29, 1.82) is 0 Å². The van der Waals surface area contributed by atoms with Crippen LogP contribution in [0.15, 0.2) is 192 Å². The van der Waals surface area contributed by atoms with Gasteiger partial charge in [0, 0.05) is 38.5 Å². The molecule has 0 N–H and O–H groups in total. The van der Waals surface area contributed by atoms with E-state index in [1.54, 1.807) is 0 Å². The number of anilines is 3. The zero-order valence-corrected chi connectivity index (χ0v) is 26.3. The van der Waals surface area contributed by atoms with E-state index in [1.807, 2.05) is 6.07 Å². The molecule has 0 atom stereocenters. The number of hydrogen-bond donors (Lipinski definition) is 0. The summed E-state index contributed by atoms with van der Waals surface area (Å²) in [5, 5.41) is 4.45. The van der Waals surface area contributed by atoms with E-state index < -0.39 is 0 Å². The van der Waals surface area contributed by atoms with Crippen molar-refractivity contribution in [2.75, 3.05) is 4.90 Å². The number of para-hydroxylation sites is 1. The molecule has 0 saturated heterocycles. The normalized spacial score (nSPS) is 11.3. The number of fused-ring (bicyclic) bond motifs is 5. The molecule has 48 heavy (non-hydrogen) atoms. The molecule has 2 nitrogen and oxygen atoms in total. The van der Waals surface area contributed by atoms with Crippen LogP contribution in [0.5, 0.6) is 0 Å². The second-order valence-corrected chi connectivity index (χ2v) is 12.1. The molecule has 8 aromatic carbocycles. The largest absolute Gasteiger partial charge is 0.455 e. The fourth-order valence-electron chi connectivity index (χ4n) is 7.02. The summed E-state index contributed by atoms with van der Waals surface area (Å²) in [4.78, 5) is 2.43. The lowest BCUT2D eigenvalue weighted by molar-refractivity contribution is 0.673. The number of furan rings is 1. The summed E-state index contributed by atoms with van der Waals surface area (Å²) in [6.45, 7) is 0. The minimum Gasteiger partial charge on any atom is -0.455 e. The Bertz CT molecular complexity index is 2430. The van der Waals surface area contributed by atoms with E-state index in [2.05, 4.69) is 187 Å². The van der Waals surface area contributed by atoms with Crippen molar-refractivity contribution in [2.45, 2.75) is 0 Å². The monoisotopic (exact) mass is 613 g/mol. The Morgan fingerprint density at radius 2 is 0.750 bits per heavy atom. The Balaban J connectivity index is 1.37. The maximum Gasteiger partial charge on any atom is 0.144 e. The van der Waals surface area contributed by atoms with Gasteiger partial charge >= 0.3 is 0 Å². The zero-order valence-electron chi connectivity index (χ0n) is 26.3. The lowest BCUT2D eigenvalue weighted by Crippen LogP contribution is -2.12. The average Bonchev–Trinajstić information content (AvgIpc) is 3.56. The molecule has 0 aliphatic heterocycles. The first-order valence-electron chi connectivity index (χ1n) is 16.4. The molecule has 1 heterocycles. The van der Waals surface area contributed by atoms with Crippen molar-refractivity contribution in [2.24, 2.45) is 0 Å². The predicted molar refractivity (Wildman–Crippen MR) is 202 cm³/mol. The Kier molecular flexibility index (Phi) is 6.84. The fraction of sp³-hybridized carbons (Fsp3) is 0. The molecule has 0 amide bonds. The second kappa shape index (κ2) is 11.8.